The Labute approximate surface area is 117 Å². The third-order valence-corrected chi connectivity index (χ3v) is 6.45. The highest BCUT2D eigenvalue weighted by Gasteiger charge is 2.37. The minimum absolute atomic E-state index is 0.222. The summed E-state index contributed by atoms with van der Waals surface area (Å²) in [5, 5.41) is 0. The monoisotopic (exact) mass is 288 g/mol. The van der Waals surface area contributed by atoms with Crippen molar-refractivity contribution in [3.8, 4) is 0 Å². The van der Waals surface area contributed by atoms with Crippen LogP contribution in [0.4, 0.5) is 0 Å². The van der Waals surface area contributed by atoms with Gasteiger partial charge in [0.05, 0.1) is 6.26 Å². The van der Waals surface area contributed by atoms with E-state index in [0.29, 0.717) is 19.0 Å². The summed E-state index contributed by atoms with van der Waals surface area (Å²) in [7, 11) is -3.04. The molecule has 2 atom stereocenters. The molecule has 1 aliphatic heterocycles. The van der Waals surface area contributed by atoms with Crippen LogP contribution in [0.2, 0.25) is 0 Å². The summed E-state index contributed by atoms with van der Waals surface area (Å²) in [6, 6.07) is 0.222. The Kier molecular flexibility index (Phi) is 4.58. The highest BCUT2D eigenvalue weighted by molar-refractivity contribution is 7.88. The van der Waals surface area contributed by atoms with Gasteiger partial charge in [0.1, 0.15) is 0 Å². The van der Waals surface area contributed by atoms with Gasteiger partial charge in [0.25, 0.3) is 0 Å². The van der Waals surface area contributed by atoms with E-state index in [4.69, 9.17) is 5.73 Å². The second-order valence-corrected chi connectivity index (χ2v) is 8.82. The van der Waals surface area contributed by atoms with E-state index < -0.39 is 10.0 Å². The average Bonchev–Trinajstić information content (AvgIpc) is 2.77. The number of hydrogen-bond donors (Lipinski definition) is 1. The summed E-state index contributed by atoms with van der Waals surface area (Å²) in [4.78, 5) is 0. The average molecular weight is 288 g/mol. The molecule has 0 spiro atoms. The van der Waals surface area contributed by atoms with Crippen LogP contribution in [0.1, 0.15) is 51.9 Å². The maximum Gasteiger partial charge on any atom is 0.211 e. The molecule has 1 aliphatic carbocycles. The van der Waals surface area contributed by atoms with E-state index in [-0.39, 0.29) is 11.5 Å². The molecule has 2 aliphatic rings. The van der Waals surface area contributed by atoms with Gasteiger partial charge >= 0.3 is 0 Å². The first kappa shape index (κ1) is 15.3. The number of rotatable bonds is 4. The highest BCUT2D eigenvalue weighted by Crippen LogP contribution is 2.42. The summed E-state index contributed by atoms with van der Waals surface area (Å²) in [5.74, 6) is 0.441. The molecule has 0 aromatic rings. The van der Waals surface area contributed by atoms with Gasteiger partial charge in [-0.25, -0.2) is 12.7 Å². The van der Waals surface area contributed by atoms with Crippen molar-refractivity contribution < 1.29 is 8.42 Å². The number of sulfonamides is 1. The van der Waals surface area contributed by atoms with Crippen LogP contribution in [0.15, 0.2) is 0 Å². The Hall–Kier alpha value is -0.130. The lowest BCUT2D eigenvalue weighted by Crippen LogP contribution is -2.44. The largest absolute Gasteiger partial charge is 0.327 e. The number of nitrogens with zero attached hydrogens (tertiary/aromatic N) is 1. The van der Waals surface area contributed by atoms with Gasteiger partial charge in [-0.05, 0) is 43.4 Å². The molecule has 0 bridgehead atoms. The molecule has 0 aromatic heterocycles. The first-order chi connectivity index (χ1) is 8.81. The van der Waals surface area contributed by atoms with Crippen molar-refractivity contribution in [3.05, 3.63) is 0 Å². The van der Waals surface area contributed by atoms with Crippen molar-refractivity contribution in [2.75, 3.05) is 19.3 Å². The van der Waals surface area contributed by atoms with Crippen LogP contribution >= 0.6 is 0 Å². The molecule has 4 nitrogen and oxygen atoms in total. The quantitative estimate of drug-likeness (QED) is 0.860. The zero-order valence-electron chi connectivity index (χ0n) is 12.3. The predicted octanol–water partition coefficient (Wildman–Crippen LogP) is 1.96. The number of piperidine rings is 1. The normalized spacial score (nSPS) is 30.4. The lowest BCUT2D eigenvalue weighted by Gasteiger charge is -2.37. The van der Waals surface area contributed by atoms with E-state index in [0.717, 1.165) is 19.3 Å². The fourth-order valence-corrected chi connectivity index (χ4v) is 4.66. The van der Waals surface area contributed by atoms with E-state index in [2.05, 4.69) is 6.92 Å². The first-order valence-corrected chi connectivity index (χ1v) is 9.37. The van der Waals surface area contributed by atoms with Crippen LogP contribution in [0, 0.1) is 11.3 Å². The molecule has 2 N–H and O–H groups in total. The van der Waals surface area contributed by atoms with Gasteiger partial charge in [-0.1, -0.05) is 19.8 Å². The summed E-state index contributed by atoms with van der Waals surface area (Å²) < 4.78 is 24.9. The smallest absolute Gasteiger partial charge is 0.211 e. The van der Waals surface area contributed by atoms with E-state index in [9.17, 15) is 8.42 Å². The molecule has 2 unspecified atom stereocenters. The van der Waals surface area contributed by atoms with Crippen LogP contribution in [0.5, 0.6) is 0 Å². The van der Waals surface area contributed by atoms with Gasteiger partial charge in [-0.2, -0.15) is 0 Å². The third-order valence-electron chi connectivity index (χ3n) is 5.18. The predicted molar refractivity (Wildman–Crippen MR) is 78.3 cm³/mol. The molecule has 112 valence electrons. The van der Waals surface area contributed by atoms with Gasteiger partial charge in [0.2, 0.25) is 10.0 Å². The third kappa shape index (κ3) is 3.70. The zero-order valence-corrected chi connectivity index (χ0v) is 13.1. The number of nitrogens with two attached hydrogens (primary N) is 1. The maximum atomic E-state index is 11.6. The molecule has 1 saturated heterocycles. The summed E-state index contributed by atoms with van der Waals surface area (Å²) in [5.41, 5.74) is 6.72. The van der Waals surface area contributed by atoms with Gasteiger partial charge in [0.15, 0.2) is 0 Å². The van der Waals surface area contributed by atoms with Crippen LogP contribution in [-0.2, 0) is 10.0 Å². The Morgan fingerprint density at radius 2 is 1.95 bits per heavy atom. The second-order valence-electron chi connectivity index (χ2n) is 6.83. The van der Waals surface area contributed by atoms with Gasteiger partial charge in [-0.3, -0.25) is 0 Å². The van der Waals surface area contributed by atoms with Gasteiger partial charge < -0.3 is 5.73 Å². The standard InChI is InChI=1S/C14H28N2O2S/c1-14(7-3-4-8-14)13(15)10-12-6-5-9-16(11-12)19(2,17)18/h12-13H,3-11,15H2,1-2H3. The highest BCUT2D eigenvalue weighted by atomic mass is 32.2. The van der Waals surface area contributed by atoms with Crippen molar-refractivity contribution in [2.24, 2.45) is 17.1 Å². The Morgan fingerprint density at radius 1 is 1.32 bits per heavy atom. The van der Waals surface area contributed by atoms with E-state index in [1.165, 1.54) is 31.9 Å². The zero-order chi connectivity index (χ0) is 14.1. The van der Waals surface area contributed by atoms with Crippen LogP contribution in [-0.4, -0.2) is 38.1 Å². The summed E-state index contributed by atoms with van der Waals surface area (Å²) in [6.45, 7) is 3.66. The SMILES string of the molecule is CC1(C(N)CC2CCCN(S(C)(=O)=O)C2)CCCC1. The van der Waals surface area contributed by atoms with E-state index in [1.54, 1.807) is 4.31 Å². The van der Waals surface area contributed by atoms with E-state index >= 15 is 0 Å². The molecular formula is C14H28N2O2S. The first-order valence-electron chi connectivity index (χ1n) is 7.52. The molecule has 0 radical (unpaired) electrons. The molecule has 2 fully saturated rings. The van der Waals surface area contributed by atoms with Crippen molar-refractivity contribution in [1.82, 2.24) is 4.31 Å². The van der Waals surface area contributed by atoms with Crippen molar-refractivity contribution in [3.63, 3.8) is 0 Å². The summed E-state index contributed by atoms with van der Waals surface area (Å²) >= 11 is 0. The fourth-order valence-electron chi connectivity index (χ4n) is 3.72. The maximum absolute atomic E-state index is 11.6. The molecule has 1 heterocycles. The van der Waals surface area contributed by atoms with Crippen LogP contribution in [0.3, 0.4) is 0 Å². The van der Waals surface area contributed by atoms with Crippen LogP contribution < -0.4 is 5.73 Å². The topological polar surface area (TPSA) is 63.4 Å². The molecular weight excluding hydrogens is 260 g/mol. The minimum atomic E-state index is -3.04. The molecule has 1 saturated carbocycles. The second kappa shape index (κ2) is 5.70. The Morgan fingerprint density at radius 3 is 2.53 bits per heavy atom. The van der Waals surface area contributed by atoms with Gasteiger partial charge in [-0.15, -0.1) is 0 Å². The van der Waals surface area contributed by atoms with E-state index in [1.807, 2.05) is 0 Å². The fraction of sp³-hybridized carbons (Fsp3) is 1.00. The molecule has 0 amide bonds. The number of hydrogen-bond acceptors (Lipinski definition) is 3. The van der Waals surface area contributed by atoms with Crippen LogP contribution in [0.25, 0.3) is 0 Å². The lowest BCUT2D eigenvalue weighted by molar-refractivity contribution is 0.186. The van der Waals surface area contributed by atoms with Gasteiger partial charge in [0, 0.05) is 19.1 Å². The summed E-state index contributed by atoms with van der Waals surface area (Å²) in [6.07, 6.45) is 9.44. The van der Waals surface area contributed by atoms with Crippen molar-refractivity contribution >= 4 is 10.0 Å². The molecule has 0 aromatic carbocycles. The molecule has 2 rings (SSSR count). The van der Waals surface area contributed by atoms with Crippen molar-refractivity contribution in [2.45, 2.75) is 57.9 Å². The Bertz CT molecular complexity index is 402. The molecule has 19 heavy (non-hydrogen) atoms. The minimum Gasteiger partial charge on any atom is -0.327 e. The molecule has 5 heteroatoms. The lowest BCUT2D eigenvalue weighted by atomic mass is 9.76. The van der Waals surface area contributed by atoms with Crippen molar-refractivity contribution in [1.29, 1.82) is 0 Å². The Balaban J connectivity index is 1.92.